The van der Waals surface area contributed by atoms with Crippen molar-refractivity contribution in [3.05, 3.63) is 12.2 Å². The van der Waals surface area contributed by atoms with Crippen LogP contribution in [0.25, 0.3) is 0 Å². The summed E-state index contributed by atoms with van der Waals surface area (Å²) in [6.45, 7) is 3.48. The Morgan fingerprint density at radius 2 is 2.24 bits per heavy atom. The van der Waals surface area contributed by atoms with E-state index in [9.17, 15) is 9.59 Å². The lowest BCUT2D eigenvalue weighted by Gasteiger charge is -2.26. The van der Waals surface area contributed by atoms with Gasteiger partial charge in [-0.2, -0.15) is 0 Å². The van der Waals surface area contributed by atoms with Crippen molar-refractivity contribution in [2.24, 2.45) is 5.92 Å². The van der Waals surface area contributed by atoms with Crippen LogP contribution in [0, 0.1) is 5.92 Å². The molecule has 0 aromatic carbocycles. The van der Waals surface area contributed by atoms with E-state index in [0.29, 0.717) is 12.8 Å². The van der Waals surface area contributed by atoms with Gasteiger partial charge in [0.25, 0.3) is 0 Å². The van der Waals surface area contributed by atoms with Gasteiger partial charge in [0, 0.05) is 6.42 Å². The molecule has 4 nitrogen and oxygen atoms in total. The Morgan fingerprint density at radius 3 is 2.71 bits per heavy atom. The van der Waals surface area contributed by atoms with Crippen LogP contribution in [0.1, 0.15) is 46.0 Å². The normalized spacial score (nSPS) is 22.1. The number of carboxylic acids is 1. The molecule has 2 unspecified atom stereocenters. The maximum atomic E-state index is 11.8. The summed E-state index contributed by atoms with van der Waals surface area (Å²) in [5.41, 5.74) is -1.13. The number of allylic oxidation sites excluding steroid dienone is 2. The first-order valence-electron chi connectivity index (χ1n) is 6.19. The zero-order valence-electron chi connectivity index (χ0n) is 10.5. The van der Waals surface area contributed by atoms with E-state index >= 15 is 0 Å². The fourth-order valence-electron chi connectivity index (χ4n) is 2.19. The average molecular weight is 239 g/mol. The predicted molar refractivity (Wildman–Crippen MR) is 65.6 cm³/mol. The molecule has 0 spiro atoms. The number of rotatable bonds is 6. The Labute approximate surface area is 102 Å². The second kappa shape index (κ2) is 5.84. The van der Waals surface area contributed by atoms with Gasteiger partial charge in [-0.05, 0) is 32.1 Å². The number of carbonyl (C=O) groups excluding carboxylic acids is 1. The van der Waals surface area contributed by atoms with E-state index in [1.807, 2.05) is 13.0 Å². The molecule has 96 valence electrons. The second-order valence-corrected chi connectivity index (χ2v) is 4.91. The molecule has 17 heavy (non-hydrogen) atoms. The van der Waals surface area contributed by atoms with E-state index in [2.05, 4.69) is 11.4 Å². The van der Waals surface area contributed by atoms with Crippen molar-refractivity contribution in [2.75, 3.05) is 0 Å². The standard InChI is InChI=1S/C13H21NO3/c1-3-8-13(2,12(16)17)14-11(15)9-10-6-4-5-7-10/h4,6,10H,3,5,7-9H2,1-2H3,(H,14,15)(H,16,17). The Balaban J connectivity index is 2.51. The van der Waals surface area contributed by atoms with Crippen molar-refractivity contribution in [2.45, 2.75) is 51.5 Å². The number of amides is 1. The molecule has 2 atom stereocenters. The third-order valence-corrected chi connectivity index (χ3v) is 3.20. The highest BCUT2D eigenvalue weighted by atomic mass is 16.4. The van der Waals surface area contributed by atoms with Crippen LogP contribution in [-0.4, -0.2) is 22.5 Å². The number of nitrogens with one attached hydrogen (secondary N) is 1. The third kappa shape index (κ3) is 3.88. The summed E-state index contributed by atoms with van der Waals surface area (Å²) in [7, 11) is 0. The molecule has 0 aliphatic heterocycles. The minimum Gasteiger partial charge on any atom is -0.480 e. The van der Waals surface area contributed by atoms with Gasteiger partial charge in [0.2, 0.25) is 5.91 Å². The molecule has 1 aliphatic carbocycles. The lowest BCUT2D eigenvalue weighted by Crippen LogP contribution is -2.52. The van der Waals surface area contributed by atoms with Crippen molar-refractivity contribution in [3.8, 4) is 0 Å². The molecular weight excluding hydrogens is 218 g/mol. The van der Waals surface area contributed by atoms with Crippen molar-refractivity contribution in [1.29, 1.82) is 0 Å². The Bertz CT molecular complexity index is 325. The van der Waals surface area contributed by atoms with Gasteiger partial charge in [-0.1, -0.05) is 25.5 Å². The monoisotopic (exact) mass is 239 g/mol. The number of hydrogen-bond acceptors (Lipinski definition) is 2. The van der Waals surface area contributed by atoms with Crippen LogP contribution in [0.3, 0.4) is 0 Å². The smallest absolute Gasteiger partial charge is 0.329 e. The van der Waals surface area contributed by atoms with Crippen LogP contribution in [0.5, 0.6) is 0 Å². The van der Waals surface area contributed by atoms with Gasteiger partial charge in [0.15, 0.2) is 0 Å². The molecule has 1 amide bonds. The first kappa shape index (κ1) is 13.7. The lowest BCUT2D eigenvalue weighted by atomic mass is 9.95. The highest BCUT2D eigenvalue weighted by Crippen LogP contribution is 2.21. The highest BCUT2D eigenvalue weighted by Gasteiger charge is 2.34. The van der Waals surface area contributed by atoms with Gasteiger partial charge in [0.1, 0.15) is 5.54 Å². The Morgan fingerprint density at radius 1 is 1.53 bits per heavy atom. The molecule has 2 N–H and O–H groups in total. The predicted octanol–water partition coefficient (Wildman–Crippen LogP) is 2.10. The Kier molecular flexibility index (Phi) is 4.73. The van der Waals surface area contributed by atoms with E-state index < -0.39 is 11.5 Å². The largest absolute Gasteiger partial charge is 0.480 e. The van der Waals surface area contributed by atoms with Gasteiger partial charge in [-0.25, -0.2) is 4.79 Å². The fourth-order valence-corrected chi connectivity index (χ4v) is 2.19. The van der Waals surface area contributed by atoms with Gasteiger partial charge in [0.05, 0.1) is 0 Å². The van der Waals surface area contributed by atoms with Crippen LogP contribution in [0.4, 0.5) is 0 Å². The zero-order valence-corrected chi connectivity index (χ0v) is 10.5. The van der Waals surface area contributed by atoms with E-state index in [0.717, 1.165) is 19.3 Å². The maximum absolute atomic E-state index is 11.8. The summed E-state index contributed by atoms with van der Waals surface area (Å²) in [6, 6.07) is 0. The molecular formula is C13H21NO3. The summed E-state index contributed by atoms with van der Waals surface area (Å²) in [6.07, 6.45) is 7.69. The van der Waals surface area contributed by atoms with Crippen molar-refractivity contribution in [3.63, 3.8) is 0 Å². The number of hydrogen-bond donors (Lipinski definition) is 2. The topological polar surface area (TPSA) is 66.4 Å². The second-order valence-electron chi connectivity index (χ2n) is 4.91. The van der Waals surface area contributed by atoms with E-state index in [-0.39, 0.29) is 11.8 Å². The molecule has 0 radical (unpaired) electrons. The van der Waals surface area contributed by atoms with E-state index in [4.69, 9.17) is 5.11 Å². The van der Waals surface area contributed by atoms with Crippen LogP contribution in [0.15, 0.2) is 12.2 Å². The minimum absolute atomic E-state index is 0.167. The third-order valence-electron chi connectivity index (χ3n) is 3.20. The molecule has 0 saturated heterocycles. The summed E-state index contributed by atoms with van der Waals surface area (Å²) < 4.78 is 0. The Hall–Kier alpha value is -1.32. The van der Waals surface area contributed by atoms with E-state index in [1.54, 1.807) is 6.92 Å². The van der Waals surface area contributed by atoms with Gasteiger partial charge < -0.3 is 10.4 Å². The SMILES string of the molecule is CCCC(C)(NC(=O)CC1C=CCC1)C(=O)O. The van der Waals surface area contributed by atoms with E-state index in [1.165, 1.54) is 0 Å². The molecule has 1 aliphatic rings. The van der Waals surface area contributed by atoms with Crippen LogP contribution >= 0.6 is 0 Å². The average Bonchev–Trinajstić information content (AvgIpc) is 2.70. The van der Waals surface area contributed by atoms with Crippen LogP contribution < -0.4 is 5.32 Å². The fraction of sp³-hybridized carbons (Fsp3) is 0.692. The number of carbonyl (C=O) groups is 2. The van der Waals surface area contributed by atoms with Crippen molar-refractivity contribution in [1.82, 2.24) is 5.32 Å². The summed E-state index contributed by atoms with van der Waals surface area (Å²) >= 11 is 0. The van der Waals surface area contributed by atoms with Crippen molar-refractivity contribution < 1.29 is 14.7 Å². The molecule has 0 fully saturated rings. The molecule has 4 heteroatoms. The molecule has 0 heterocycles. The minimum atomic E-state index is -1.13. The van der Waals surface area contributed by atoms with Crippen LogP contribution in [0.2, 0.25) is 0 Å². The van der Waals surface area contributed by atoms with Gasteiger partial charge >= 0.3 is 5.97 Å². The molecule has 1 rings (SSSR count). The molecule has 0 saturated carbocycles. The molecule has 0 aromatic heterocycles. The quantitative estimate of drug-likeness (QED) is 0.697. The summed E-state index contributed by atoms with van der Waals surface area (Å²) in [5.74, 6) is -0.857. The van der Waals surface area contributed by atoms with Crippen molar-refractivity contribution >= 4 is 11.9 Å². The molecule has 0 aromatic rings. The first-order valence-corrected chi connectivity index (χ1v) is 6.19. The molecule has 0 bridgehead atoms. The lowest BCUT2D eigenvalue weighted by molar-refractivity contribution is -0.147. The summed E-state index contributed by atoms with van der Waals surface area (Å²) in [5, 5.41) is 11.8. The first-order chi connectivity index (χ1) is 7.98. The van der Waals surface area contributed by atoms with Crippen LogP contribution in [-0.2, 0) is 9.59 Å². The van der Waals surface area contributed by atoms with Gasteiger partial charge in [-0.3, -0.25) is 4.79 Å². The maximum Gasteiger partial charge on any atom is 0.329 e. The number of carboxylic acid groups (broad SMARTS) is 1. The number of aliphatic carboxylic acids is 1. The van der Waals surface area contributed by atoms with Gasteiger partial charge in [-0.15, -0.1) is 0 Å². The highest BCUT2D eigenvalue weighted by molar-refractivity contribution is 5.86. The zero-order chi connectivity index (χ0) is 12.9. The summed E-state index contributed by atoms with van der Waals surface area (Å²) in [4.78, 5) is 22.9.